The molecule has 0 aromatic heterocycles. The number of hydrogen-bond acceptors (Lipinski definition) is 4. The molecule has 0 aliphatic carbocycles. The Bertz CT molecular complexity index is 422. The second kappa shape index (κ2) is 7.66. The van der Waals surface area contributed by atoms with Gasteiger partial charge < -0.3 is 19.2 Å². The van der Waals surface area contributed by atoms with Crippen molar-refractivity contribution in [3.63, 3.8) is 0 Å². The first-order valence-electron chi connectivity index (χ1n) is 7.31. The van der Waals surface area contributed by atoms with Crippen LogP contribution in [0.15, 0.2) is 18.2 Å². The Hall–Kier alpha value is -1.04. The van der Waals surface area contributed by atoms with Gasteiger partial charge in [0.1, 0.15) is 0 Å². The summed E-state index contributed by atoms with van der Waals surface area (Å²) in [6, 6.07) is 6.49. The van der Waals surface area contributed by atoms with Crippen LogP contribution in [0.2, 0.25) is 0 Å². The number of nitrogens with one attached hydrogen (secondary N) is 1. The van der Waals surface area contributed by atoms with Crippen LogP contribution >= 0.6 is 0 Å². The Morgan fingerprint density at radius 2 is 2.10 bits per heavy atom. The summed E-state index contributed by atoms with van der Waals surface area (Å²) < 4.78 is 16.9. The molecule has 20 heavy (non-hydrogen) atoms. The standard InChI is InChI=1S/C15H25NO3Si/c1-11(12-7-4-5-10-16-12)19-20-14-9-6-8-13(17-2)15(14)18-3/h6,8-9,11-12,16H,4-5,7,10,20H2,1-3H3. The first-order chi connectivity index (χ1) is 9.76. The molecule has 1 heterocycles. The van der Waals surface area contributed by atoms with Crippen molar-refractivity contribution in [2.45, 2.75) is 38.3 Å². The summed E-state index contributed by atoms with van der Waals surface area (Å²) in [4.78, 5) is 0. The third-order valence-electron chi connectivity index (χ3n) is 3.90. The second-order valence-electron chi connectivity index (χ2n) is 5.23. The summed E-state index contributed by atoms with van der Waals surface area (Å²) in [6.07, 6.45) is 4.06. The fraction of sp³-hybridized carbons (Fsp3) is 0.600. The number of para-hydroxylation sites is 1. The molecule has 0 bridgehead atoms. The summed E-state index contributed by atoms with van der Waals surface area (Å²) in [5, 5.41) is 4.71. The number of ether oxygens (including phenoxy) is 2. The lowest BCUT2D eigenvalue weighted by atomic mass is 10.0. The van der Waals surface area contributed by atoms with Crippen molar-refractivity contribution in [3.05, 3.63) is 18.2 Å². The molecule has 112 valence electrons. The molecule has 2 atom stereocenters. The molecule has 4 nitrogen and oxygen atoms in total. The van der Waals surface area contributed by atoms with E-state index in [0.29, 0.717) is 6.04 Å². The average molecular weight is 295 g/mol. The Kier molecular flexibility index (Phi) is 5.88. The Labute approximate surface area is 123 Å². The molecule has 1 fully saturated rings. The van der Waals surface area contributed by atoms with Gasteiger partial charge in [-0.2, -0.15) is 0 Å². The molecule has 2 unspecified atom stereocenters. The predicted molar refractivity (Wildman–Crippen MR) is 83.9 cm³/mol. The molecule has 1 saturated heterocycles. The van der Waals surface area contributed by atoms with Crippen molar-refractivity contribution < 1.29 is 13.9 Å². The Morgan fingerprint density at radius 1 is 1.25 bits per heavy atom. The maximum absolute atomic E-state index is 6.15. The van der Waals surface area contributed by atoms with Crippen LogP contribution in [0, 0.1) is 0 Å². The van der Waals surface area contributed by atoms with Crippen LogP contribution in [0.3, 0.4) is 0 Å². The molecule has 5 heteroatoms. The van der Waals surface area contributed by atoms with Crippen LogP contribution in [0.1, 0.15) is 26.2 Å². The van der Waals surface area contributed by atoms with Crippen molar-refractivity contribution in [3.8, 4) is 11.5 Å². The van der Waals surface area contributed by atoms with Gasteiger partial charge in [-0.1, -0.05) is 18.6 Å². The fourth-order valence-corrected chi connectivity index (χ4v) is 4.04. The first kappa shape index (κ1) is 15.3. The molecular formula is C15H25NO3Si. The summed E-state index contributed by atoms with van der Waals surface area (Å²) in [6.45, 7) is 3.28. The molecule has 0 spiro atoms. The quantitative estimate of drug-likeness (QED) is 0.794. The minimum absolute atomic E-state index is 0.262. The second-order valence-corrected chi connectivity index (χ2v) is 6.61. The molecular weight excluding hydrogens is 270 g/mol. The summed E-state index contributed by atoms with van der Waals surface area (Å²) in [7, 11) is 2.53. The highest BCUT2D eigenvalue weighted by atomic mass is 28.2. The lowest BCUT2D eigenvalue weighted by Crippen LogP contribution is -2.44. The Morgan fingerprint density at radius 3 is 2.75 bits per heavy atom. The van der Waals surface area contributed by atoms with Gasteiger partial charge in [-0.3, -0.25) is 0 Å². The number of methoxy groups -OCH3 is 2. The van der Waals surface area contributed by atoms with E-state index in [1.54, 1.807) is 14.2 Å². The van der Waals surface area contributed by atoms with Crippen LogP contribution < -0.4 is 20.0 Å². The number of piperidine rings is 1. The zero-order valence-corrected chi connectivity index (χ0v) is 14.1. The fourth-order valence-electron chi connectivity index (χ4n) is 2.68. The van der Waals surface area contributed by atoms with Crippen molar-refractivity contribution in [2.24, 2.45) is 0 Å². The summed E-state index contributed by atoms with van der Waals surface area (Å²) in [5.41, 5.74) is 0. The van der Waals surface area contributed by atoms with Gasteiger partial charge in [-0.05, 0) is 32.4 Å². The van der Waals surface area contributed by atoms with Crippen molar-refractivity contribution in [1.82, 2.24) is 5.32 Å². The topological polar surface area (TPSA) is 39.7 Å². The van der Waals surface area contributed by atoms with E-state index in [1.165, 1.54) is 19.3 Å². The molecule has 0 amide bonds. The maximum atomic E-state index is 6.15. The van der Waals surface area contributed by atoms with Gasteiger partial charge in [-0.15, -0.1) is 0 Å². The third-order valence-corrected chi connectivity index (χ3v) is 5.46. The normalized spacial score (nSPS) is 21.1. The van der Waals surface area contributed by atoms with Gasteiger partial charge in [0, 0.05) is 11.2 Å². The zero-order valence-electron chi connectivity index (χ0n) is 12.6. The first-order valence-corrected chi connectivity index (χ1v) is 8.59. The predicted octanol–water partition coefficient (Wildman–Crippen LogP) is 0.960. The molecule has 1 aromatic rings. The van der Waals surface area contributed by atoms with Gasteiger partial charge in [0.2, 0.25) is 0 Å². The van der Waals surface area contributed by atoms with E-state index in [9.17, 15) is 0 Å². The van der Waals surface area contributed by atoms with Gasteiger partial charge >= 0.3 is 0 Å². The van der Waals surface area contributed by atoms with Crippen LogP contribution in [0.4, 0.5) is 0 Å². The third kappa shape index (κ3) is 3.74. The van der Waals surface area contributed by atoms with E-state index in [4.69, 9.17) is 13.9 Å². The van der Waals surface area contributed by atoms with Crippen LogP contribution in [-0.4, -0.2) is 42.7 Å². The smallest absolute Gasteiger partial charge is 0.196 e. The number of rotatable bonds is 6. The van der Waals surface area contributed by atoms with Gasteiger partial charge in [0.05, 0.1) is 20.3 Å². The van der Waals surface area contributed by atoms with Crippen molar-refractivity contribution in [1.29, 1.82) is 0 Å². The van der Waals surface area contributed by atoms with Crippen molar-refractivity contribution >= 4 is 14.9 Å². The van der Waals surface area contributed by atoms with Gasteiger partial charge in [-0.25, -0.2) is 0 Å². The zero-order chi connectivity index (χ0) is 14.4. The molecule has 1 N–H and O–H groups in total. The minimum Gasteiger partial charge on any atom is -0.493 e. The highest BCUT2D eigenvalue weighted by molar-refractivity contribution is 6.48. The molecule has 1 aliphatic rings. The van der Waals surface area contributed by atoms with Crippen LogP contribution in [0.5, 0.6) is 11.5 Å². The van der Waals surface area contributed by atoms with E-state index in [2.05, 4.69) is 18.3 Å². The Balaban J connectivity index is 1.96. The van der Waals surface area contributed by atoms with E-state index >= 15 is 0 Å². The average Bonchev–Trinajstić information content (AvgIpc) is 2.52. The molecule has 0 saturated carbocycles. The molecule has 1 aliphatic heterocycles. The van der Waals surface area contributed by atoms with E-state index in [0.717, 1.165) is 23.2 Å². The maximum Gasteiger partial charge on any atom is 0.196 e. The minimum atomic E-state index is -0.819. The monoisotopic (exact) mass is 295 g/mol. The summed E-state index contributed by atoms with van der Waals surface area (Å²) in [5.74, 6) is 1.61. The lowest BCUT2D eigenvalue weighted by molar-refractivity contribution is 0.162. The highest BCUT2D eigenvalue weighted by Crippen LogP contribution is 2.23. The number of benzene rings is 1. The largest absolute Gasteiger partial charge is 0.493 e. The molecule has 0 radical (unpaired) electrons. The highest BCUT2D eigenvalue weighted by Gasteiger charge is 2.20. The van der Waals surface area contributed by atoms with Gasteiger partial charge in [0.25, 0.3) is 0 Å². The lowest BCUT2D eigenvalue weighted by Gasteiger charge is -2.29. The van der Waals surface area contributed by atoms with E-state index in [-0.39, 0.29) is 6.10 Å². The SMILES string of the molecule is COc1cccc([SiH2]OC(C)C2CCCCN2)c1OC. The van der Waals surface area contributed by atoms with Crippen LogP contribution in [0.25, 0.3) is 0 Å². The van der Waals surface area contributed by atoms with E-state index < -0.39 is 9.76 Å². The van der Waals surface area contributed by atoms with Gasteiger partial charge in [0.15, 0.2) is 21.3 Å². The van der Waals surface area contributed by atoms with Crippen LogP contribution in [-0.2, 0) is 4.43 Å². The number of hydrogen-bond donors (Lipinski definition) is 1. The van der Waals surface area contributed by atoms with Crippen molar-refractivity contribution in [2.75, 3.05) is 20.8 Å². The molecule has 1 aromatic carbocycles. The summed E-state index contributed by atoms with van der Waals surface area (Å²) >= 11 is 0. The van der Waals surface area contributed by atoms with E-state index in [1.807, 2.05) is 12.1 Å². The molecule has 2 rings (SSSR count).